The van der Waals surface area contributed by atoms with E-state index < -0.39 is 0 Å². The van der Waals surface area contributed by atoms with Crippen molar-refractivity contribution in [3.05, 3.63) is 65.7 Å². The number of carbonyl (C=O) groups excluding carboxylic acids is 1. The predicted octanol–water partition coefficient (Wildman–Crippen LogP) is 3.91. The summed E-state index contributed by atoms with van der Waals surface area (Å²) in [5.74, 6) is 0. The molecule has 0 fully saturated rings. The van der Waals surface area contributed by atoms with E-state index in [1.165, 1.54) is 5.56 Å². The smallest absolute Gasteiger partial charge is 0.322 e. The van der Waals surface area contributed by atoms with Crippen LogP contribution in [-0.4, -0.2) is 12.6 Å². The zero-order chi connectivity index (χ0) is 14.7. The van der Waals surface area contributed by atoms with Crippen molar-refractivity contribution in [1.82, 2.24) is 5.32 Å². The van der Waals surface area contributed by atoms with Crippen molar-refractivity contribution in [3.8, 4) is 0 Å². The summed E-state index contributed by atoms with van der Waals surface area (Å²) in [7, 11) is 0. The number of rotatable bonds is 2. The van der Waals surface area contributed by atoms with Gasteiger partial charge >= 0.3 is 6.03 Å². The molecule has 1 aliphatic heterocycles. The van der Waals surface area contributed by atoms with Gasteiger partial charge in [0.1, 0.15) is 0 Å². The van der Waals surface area contributed by atoms with E-state index in [1.54, 1.807) is 0 Å². The average molecular weight is 280 g/mol. The van der Waals surface area contributed by atoms with Gasteiger partial charge in [0.2, 0.25) is 0 Å². The van der Waals surface area contributed by atoms with Crippen LogP contribution < -0.4 is 10.2 Å². The number of benzene rings is 2. The fraction of sp³-hybridized carbons (Fsp3) is 0.278. The fourth-order valence-electron chi connectivity index (χ4n) is 2.83. The van der Waals surface area contributed by atoms with Gasteiger partial charge in [-0.15, -0.1) is 0 Å². The van der Waals surface area contributed by atoms with E-state index in [9.17, 15) is 4.79 Å². The van der Waals surface area contributed by atoms with Gasteiger partial charge in [-0.25, -0.2) is 4.79 Å². The Kier molecular flexibility index (Phi) is 3.91. The molecule has 1 N–H and O–H groups in total. The largest absolute Gasteiger partial charge is 0.331 e. The van der Waals surface area contributed by atoms with Gasteiger partial charge in [0, 0.05) is 12.2 Å². The topological polar surface area (TPSA) is 32.3 Å². The van der Waals surface area contributed by atoms with Crippen molar-refractivity contribution < 1.29 is 4.79 Å². The van der Waals surface area contributed by atoms with Crippen LogP contribution in [-0.2, 0) is 6.42 Å². The van der Waals surface area contributed by atoms with Crippen LogP contribution >= 0.6 is 0 Å². The highest BCUT2D eigenvalue weighted by Gasteiger charge is 2.23. The minimum absolute atomic E-state index is 0.00721. The van der Waals surface area contributed by atoms with Gasteiger partial charge in [-0.05, 0) is 37.0 Å². The van der Waals surface area contributed by atoms with Gasteiger partial charge in [-0.1, -0.05) is 48.5 Å². The van der Waals surface area contributed by atoms with Crippen molar-refractivity contribution in [2.75, 3.05) is 11.4 Å². The van der Waals surface area contributed by atoms with Crippen molar-refractivity contribution >= 4 is 11.7 Å². The number of fused-ring (bicyclic) bond motifs is 1. The number of urea groups is 1. The molecule has 0 spiro atoms. The molecule has 0 saturated carbocycles. The Balaban J connectivity index is 1.75. The highest BCUT2D eigenvalue weighted by atomic mass is 16.2. The highest BCUT2D eigenvalue weighted by Crippen LogP contribution is 2.27. The SMILES string of the molecule is CC(NC(=O)N1CCCc2ccccc21)c1ccccc1. The zero-order valence-corrected chi connectivity index (χ0v) is 12.3. The summed E-state index contributed by atoms with van der Waals surface area (Å²) in [6.45, 7) is 2.80. The summed E-state index contributed by atoms with van der Waals surface area (Å²) in [5, 5.41) is 3.09. The highest BCUT2D eigenvalue weighted by molar-refractivity contribution is 5.93. The standard InChI is InChI=1S/C18H20N2O/c1-14(15-8-3-2-4-9-15)19-18(21)20-13-7-11-16-10-5-6-12-17(16)20/h2-6,8-10,12,14H,7,11,13H2,1H3,(H,19,21). The van der Waals surface area contributed by atoms with E-state index in [0.29, 0.717) is 0 Å². The second kappa shape index (κ2) is 6.00. The van der Waals surface area contributed by atoms with Crippen molar-refractivity contribution in [2.24, 2.45) is 0 Å². The average Bonchev–Trinajstić information content (AvgIpc) is 2.55. The monoisotopic (exact) mass is 280 g/mol. The minimum Gasteiger partial charge on any atom is -0.331 e. The summed E-state index contributed by atoms with van der Waals surface area (Å²) >= 11 is 0. The first-order valence-electron chi connectivity index (χ1n) is 7.46. The lowest BCUT2D eigenvalue weighted by atomic mass is 10.0. The molecule has 21 heavy (non-hydrogen) atoms. The van der Waals surface area contributed by atoms with E-state index in [4.69, 9.17) is 0 Å². The van der Waals surface area contributed by atoms with Crippen LogP contribution in [0.5, 0.6) is 0 Å². The Bertz CT molecular complexity index is 624. The quantitative estimate of drug-likeness (QED) is 0.888. The first-order chi connectivity index (χ1) is 10.3. The van der Waals surface area contributed by atoms with Crippen LogP contribution in [0.4, 0.5) is 10.5 Å². The molecule has 1 heterocycles. The van der Waals surface area contributed by atoms with E-state index in [1.807, 2.05) is 60.4 Å². The number of hydrogen-bond acceptors (Lipinski definition) is 1. The first-order valence-corrected chi connectivity index (χ1v) is 7.46. The summed E-state index contributed by atoms with van der Waals surface area (Å²) in [5.41, 5.74) is 3.42. The molecule has 1 unspecified atom stereocenters. The fourth-order valence-corrected chi connectivity index (χ4v) is 2.83. The summed E-state index contributed by atoms with van der Waals surface area (Å²) in [4.78, 5) is 14.4. The first kappa shape index (κ1) is 13.7. The lowest BCUT2D eigenvalue weighted by molar-refractivity contribution is 0.243. The van der Waals surface area contributed by atoms with Gasteiger partial charge in [-0.3, -0.25) is 4.90 Å². The molecule has 2 aromatic carbocycles. The molecule has 1 aliphatic rings. The Morgan fingerprint density at radius 2 is 1.81 bits per heavy atom. The second-order valence-electron chi connectivity index (χ2n) is 5.47. The third-order valence-corrected chi connectivity index (χ3v) is 3.99. The van der Waals surface area contributed by atoms with Crippen molar-refractivity contribution in [2.45, 2.75) is 25.8 Å². The number of nitrogens with zero attached hydrogens (tertiary/aromatic N) is 1. The molecule has 0 bridgehead atoms. The maximum Gasteiger partial charge on any atom is 0.322 e. The number of para-hydroxylation sites is 1. The summed E-state index contributed by atoms with van der Waals surface area (Å²) in [6.07, 6.45) is 2.07. The van der Waals surface area contributed by atoms with Crippen LogP contribution in [0, 0.1) is 0 Å². The molecule has 0 aromatic heterocycles. The Morgan fingerprint density at radius 3 is 2.62 bits per heavy atom. The molecular formula is C18H20N2O. The molecule has 2 aromatic rings. The van der Waals surface area contributed by atoms with Crippen LogP contribution in [0.25, 0.3) is 0 Å². The third kappa shape index (κ3) is 2.92. The number of anilines is 1. The molecule has 3 nitrogen and oxygen atoms in total. The normalized spacial score (nSPS) is 15.2. The molecule has 0 aliphatic carbocycles. The Morgan fingerprint density at radius 1 is 1.10 bits per heavy atom. The Labute approximate surface area is 125 Å². The number of hydrogen-bond donors (Lipinski definition) is 1. The van der Waals surface area contributed by atoms with Crippen LogP contribution in [0.15, 0.2) is 54.6 Å². The maximum absolute atomic E-state index is 12.6. The molecule has 1 atom stereocenters. The van der Waals surface area contributed by atoms with Gasteiger partial charge in [0.05, 0.1) is 6.04 Å². The van der Waals surface area contributed by atoms with Crippen LogP contribution in [0.2, 0.25) is 0 Å². The minimum atomic E-state index is -0.0153. The van der Waals surface area contributed by atoms with Gasteiger partial charge in [0.15, 0.2) is 0 Å². The van der Waals surface area contributed by atoms with E-state index in [2.05, 4.69) is 11.4 Å². The zero-order valence-electron chi connectivity index (χ0n) is 12.3. The molecule has 0 saturated heterocycles. The van der Waals surface area contributed by atoms with Gasteiger partial charge in [-0.2, -0.15) is 0 Å². The maximum atomic E-state index is 12.6. The predicted molar refractivity (Wildman–Crippen MR) is 85.5 cm³/mol. The molecular weight excluding hydrogens is 260 g/mol. The lowest BCUT2D eigenvalue weighted by Gasteiger charge is -2.30. The van der Waals surface area contributed by atoms with Crippen LogP contribution in [0.1, 0.15) is 30.5 Å². The number of nitrogens with one attached hydrogen (secondary N) is 1. The second-order valence-corrected chi connectivity index (χ2v) is 5.47. The number of amides is 2. The number of carbonyl (C=O) groups is 1. The van der Waals surface area contributed by atoms with E-state index in [0.717, 1.165) is 30.6 Å². The third-order valence-electron chi connectivity index (χ3n) is 3.99. The van der Waals surface area contributed by atoms with E-state index in [-0.39, 0.29) is 12.1 Å². The molecule has 3 heteroatoms. The summed E-state index contributed by atoms with van der Waals surface area (Å²) in [6, 6.07) is 18.2. The molecule has 2 amide bonds. The lowest BCUT2D eigenvalue weighted by Crippen LogP contribution is -2.43. The van der Waals surface area contributed by atoms with Gasteiger partial charge in [0.25, 0.3) is 0 Å². The van der Waals surface area contributed by atoms with Crippen molar-refractivity contribution in [3.63, 3.8) is 0 Å². The summed E-state index contributed by atoms with van der Waals surface area (Å²) < 4.78 is 0. The van der Waals surface area contributed by atoms with Gasteiger partial charge < -0.3 is 5.32 Å². The van der Waals surface area contributed by atoms with E-state index >= 15 is 0 Å². The molecule has 3 rings (SSSR count). The van der Waals surface area contributed by atoms with Crippen LogP contribution in [0.3, 0.4) is 0 Å². The molecule has 0 radical (unpaired) electrons. The molecule has 108 valence electrons. The number of aryl methyl sites for hydroxylation is 1. The Hall–Kier alpha value is -2.29. The van der Waals surface area contributed by atoms with Crippen molar-refractivity contribution in [1.29, 1.82) is 0 Å².